The van der Waals surface area contributed by atoms with Crippen LogP contribution in [0.4, 0.5) is 5.13 Å². The van der Waals surface area contributed by atoms with E-state index in [1.807, 2.05) is 12.3 Å². The Morgan fingerprint density at radius 2 is 2.29 bits per heavy atom. The third kappa shape index (κ3) is 2.91. The summed E-state index contributed by atoms with van der Waals surface area (Å²) < 4.78 is 1.45. The number of nitrogens with one attached hydrogen (secondary N) is 1. The van der Waals surface area contributed by atoms with E-state index in [2.05, 4.69) is 25.8 Å². The Morgan fingerprint density at radius 1 is 1.43 bits per heavy atom. The summed E-state index contributed by atoms with van der Waals surface area (Å²) in [6, 6.07) is 4.97. The molecule has 0 saturated heterocycles. The predicted molar refractivity (Wildman–Crippen MR) is 79.0 cm³/mol. The van der Waals surface area contributed by atoms with Crippen molar-refractivity contribution in [2.45, 2.75) is 6.92 Å². The maximum Gasteiger partial charge on any atom is 0.259 e. The highest BCUT2D eigenvalue weighted by Crippen LogP contribution is 2.22. The topological polar surface area (TPSA) is 85.6 Å². The van der Waals surface area contributed by atoms with Crippen LogP contribution in [0.3, 0.4) is 0 Å². The van der Waals surface area contributed by atoms with Crippen LogP contribution in [0.1, 0.15) is 16.1 Å². The molecule has 2 heterocycles. The SMILES string of the molecule is Cc1csc(NC(=O)c2cc(-n3cnnn3)ccc2Cl)n1. The molecular formula is C12H9ClN6OS. The fourth-order valence-electron chi connectivity index (χ4n) is 1.69. The van der Waals surface area contributed by atoms with E-state index in [1.165, 1.54) is 22.3 Å². The van der Waals surface area contributed by atoms with Gasteiger partial charge in [-0.3, -0.25) is 10.1 Å². The van der Waals surface area contributed by atoms with E-state index in [4.69, 9.17) is 11.6 Å². The predicted octanol–water partition coefficient (Wildman–Crippen LogP) is 2.33. The molecule has 0 aliphatic rings. The van der Waals surface area contributed by atoms with Crippen LogP contribution in [0.25, 0.3) is 5.69 Å². The second-order valence-corrected chi connectivity index (χ2v) is 5.43. The smallest absolute Gasteiger partial charge is 0.259 e. The van der Waals surface area contributed by atoms with Gasteiger partial charge >= 0.3 is 0 Å². The lowest BCUT2D eigenvalue weighted by atomic mass is 10.2. The van der Waals surface area contributed by atoms with Gasteiger partial charge in [0.25, 0.3) is 5.91 Å². The summed E-state index contributed by atoms with van der Waals surface area (Å²) in [5.41, 5.74) is 1.83. The molecule has 3 aromatic rings. The van der Waals surface area contributed by atoms with E-state index in [-0.39, 0.29) is 5.91 Å². The van der Waals surface area contributed by atoms with Crippen LogP contribution >= 0.6 is 22.9 Å². The van der Waals surface area contributed by atoms with Gasteiger partial charge in [-0.15, -0.1) is 16.4 Å². The monoisotopic (exact) mass is 320 g/mol. The number of halogens is 1. The molecule has 9 heteroatoms. The molecule has 0 bridgehead atoms. The van der Waals surface area contributed by atoms with Crippen LogP contribution in [-0.2, 0) is 0 Å². The van der Waals surface area contributed by atoms with Gasteiger partial charge in [-0.1, -0.05) is 11.6 Å². The Bertz CT molecular complexity index is 785. The van der Waals surface area contributed by atoms with E-state index in [1.54, 1.807) is 18.2 Å². The maximum absolute atomic E-state index is 12.3. The zero-order valence-corrected chi connectivity index (χ0v) is 12.4. The number of rotatable bonds is 3. The maximum atomic E-state index is 12.3. The largest absolute Gasteiger partial charge is 0.298 e. The fourth-order valence-corrected chi connectivity index (χ4v) is 2.57. The molecule has 1 amide bonds. The summed E-state index contributed by atoms with van der Waals surface area (Å²) in [4.78, 5) is 16.5. The highest BCUT2D eigenvalue weighted by molar-refractivity contribution is 7.13. The van der Waals surface area contributed by atoms with Gasteiger partial charge in [-0.25, -0.2) is 9.67 Å². The van der Waals surface area contributed by atoms with E-state index < -0.39 is 0 Å². The number of amides is 1. The molecule has 0 spiro atoms. The first-order chi connectivity index (χ1) is 10.1. The van der Waals surface area contributed by atoms with Gasteiger partial charge in [-0.05, 0) is 35.5 Å². The molecule has 0 aliphatic carbocycles. The zero-order chi connectivity index (χ0) is 14.8. The third-order valence-electron chi connectivity index (χ3n) is 2.65. The Morgan fingerprint density at radius 3 is 2.95 bits per heavy atom. The van der Waals surface area contributed by atoms with Gasteiger partial charge in [0.1, 0.15) is 6.33 Å². The van der Waals surface area contributed by atoms with Crippen molar-refractivity contribution < 1.29 is 4.79 Å². The highest BCUT2D eigenvalue weighted by atomic mass is 35.5. The third-order valence-corrected chi connectivity index (χ3v) is 3.85. The molecule has 0 fully saturated rings. The molecule has 7 nitrogen and oxygen atoms in total. The van der Waals surface area contributed by atoms with Crippen LogP contribution in [0.5, 0.6) is 0 Å². The summed E-state index contributed by atoms with van der Waals surface area (Å²) in [7, 11) is 0. The van der Waals surface area contributed by atoms with Crippen molar-refractivity contribution in [3.63, 3.8) is 0 Å². The van der Waals surface area contributed by atoms with Crippen molar-refractivity contribution in [1.29, 1.82) is 0 Å². The molecule has 0 aliphatic heterocycles. The molecule has 2 aromatic heterocycles. The average molecular weight is 321 g/mol. The minimum absolute atomic E-state index is 0.329. The molecule has 0 atom stereocenters. The second kappa shape index (κ2) is 5.58. The van der Waals surface area contributed by atoms with Gasteiger partial charge in [0.15, 0.2) is 5.13 Å². The van der Waals surface area contributed by atoms with Crippen molar-refractivity contribution in [2.24, 2.45) is 0 Å². The van der Waals surface area contributed by atoms with Gasteiger partial charge in [0.05, 0.1) is 22.0 Å². The highest BCUT2D eigenvalue weighted by Gasteiger charge is 2.14. The lowest BCUT2D eigenvalue weighted by Crippen LogP contribution is -2.13. The van der Waals surface area contributed by atoms with Crippen LogP contribution in [0.15, 0.2) is 29.9 Å². The Hall–Kier alpha value is -2.32. The number of tetrazole rings is 1. The quantitative estimate of drug-likeness (QED) is 0.800. The van der Waals surface area contributed by atoms with Crippen molar-refractivity contribution in [1.82, 2.24) is 25.2 Å². The van der Waals surface area contributed by atoms with Crippen molar-refractivity contribution in [3.05, 3.63) is 46.2 Å². The van der Waals surface area contributed by atoms with E-state index in [9.17, 15) is 4.79 Å². The summed E-state index contributed by atoms with van der Waals surface area (Å²) in [5.74, 6) is -0.329. The van der Waals surface area contributed by atoms with Gasteiger partial charge in [0, 0.05) is 5.38 Å². The summed E-state index contributed by atoms with van der Waals surface area (Å²) in [5, 5.41) is 16.3. The lowest BCUT2D eigenvalue weighted by Gasteiger charge is -2.06. The Labute approximate surface area is 128 Å². The number of benzene rings is 1. The zero-order valence-electron chi connectivity index (χ0n) is 10.8. The molecule has 0 radical (unpaired) electrons. The number of carbonyl (C=O) groups is 1. The summed E-state index contributed by atoms with van der Waals surface area (Å²) in [6.45, 7) is 1.86. The average Bonchev–Trinajstić information content (AvgIpc) is 3.11. The summed E-state index contributed by atoms with van der Waals surface area (Å²) >= 11 is 7.44. The number of aromatic nitrogens is 5. The Kier molecular flexibility index (Phi) is 3.63. The minimum atomic E-state index is -0.329. The van der Waals surface area contributed by atoms with Gasteiger partial charge < -0.3 is 0 Å². The summed E-state index contributed by atoms with van der Waals surface area (Å²) in [6.07, 6.45) is 1.44. The molecule has 0 unspecified atom stereocenters. The van der Waals surface area contributed by atoms with E-state index >= 15 is 0 Å². The fraction of sp³-hybridized carbons (Fsp3) is 0.0833. The first kappa shape index (κ1) is 13.7. The number of hydrogen-bond acceptors (Lipinski definition) is 6. The molecule has 0 saturated carbocycles. The van der Waals surface area contributed by atoms with Crippen molar-refractivity contribution >= 4 is 34.0 Å². The molecule has 3 rings (SSSR count). The number of hydrogen-bond donors (Lipinski definition) is 1. The number of anilines is 1. The molecule has 21 heavy (non-hydrogen) atoms. The van der Waals surface area contributed by atoms with Gasteiger partial charge in [0.2, 0.25) is 0 Å². The van der Waals surface area contributed by atoms with E-state index in [0.717, 1.165) is 5.69 Å². The lowest BCUT2D eigenvalue weighted by molar-refractivity contribution is 0.102. The molecular weight excluding hydrogens is 312 g/mol. The van der Waals surface area contributed by atoms with Crippen molar-refractivity contribution in [3.8, 4) is 5.69 Å². The Balaban J connectivity index is 1.90. The molecule has 1 aromatic carbocycles. The second-order valence-electron chi connectivity index (χ2n) is 4.17. The van der Waals surface area contributed by atoms with E-state index in [0.29, 0.717) is 21.4 Å². The number of carbonyl (C=O) groups excluding carboxylic acids is 1. The van der Waals surface area contributed by atoms with Crippen LogP contribution in [-0.4, -0.2) is 31.1 Å². The van der Waals surface area contributed by atoms with Crippen LogP contribution in [0.2, 0.25) is 5.02 Å². The first-order valence-corrected chi connectivity index (χ1v) is 7.15. The standard InChI is InChI=1S/C12H9ClN6OS/c1-7-5-21-12(15-7)16-11(20)9-4-8(2-3-10(9)13)19-6-14-17-18-19/h2-6H,1H3,(H,15,16,20). The van der Waals surface area contributed by atoms with Crippen LogP contribution in [0, 0.1) is 6.92 Å². The van der Waals surface area contributed by atoms with Crippen molar-refractivity contribution in [2.75, 3.05) is 5.32 Å². The number of thiazole rings is 1. The van der Waals surface area contributed by atoms with Gasteiger partial charge in [-0.2, -0.15) is 0 Å². The minimum Gasteiger partial charge on any atom is -0.298 e. The van der Waals surface area contributed by atoms with Crippen LogP contribution < -0.4 is 5.32 Å². The first-order valence-electron chi connectivity index (χ1n) is 5.90. The molecule has 106 valence electrons. The molecule has 1 N–H and O–H groups in total. The number of nitrogens with zero attached hydrogens (tertiary/aromatic N) is 5. The normalized spacial score (nSPS) is 10.6. The number of aryl methyl sites for hydroxylation is 1.